The van der Waals surface area contributed by atoms with Crippen molar-refractivity contribution in [2.75, 3.05) is 20.7 Å². The van der Waals surface area contributed by atoms with Gasteiger partial charge in [-0.05, 0) is 5.56 Å². The van der Waals surface area contributed by atoms with Gasteiger partial charge < -0.3 is 14.7 Å². The number of carbonyl (C=O) groups is 1. The number of methoxy groups -OCH3 is 1. The summed E-state index contributed by atoms with van der Waals surface area (Å²) in [6.07, 6.45) is -1.14. The van der Waals surface area contributed by atoms with Crippen LogP contribution in [-0.2, 0) is 4.74 Å². The highest BCUT2D eigenvalue weighted by Gasteiger charge is 2.14. The van der Waals surface area contributed by atoms with Crippen molar-refractivity contribution in [2.24, 2.45) is 0 Å². The molecule has 0 aliphatic rings. The minimum atomic E-state index is -0.685. The molecular formula is C11H15NO3. The van der Waals surface area contributed by atoms with E-state index in [9.17, 15) is 9.90 Å². The van der Waals surface area contributed by atoms with E-state index in [1.54, 1.807) is 7.05 Å². The number of carbonyl (C=O) groups excluding carboxylic acids is 1. The van der Waals surface area contributed by atoms with Crippen LogP contribution in [0.15, 0.2) is 30.3 Å². The van der Waals surface area contributed by atoms with E-state index in [1.807, 2.05) is 30.3 Å². The van der Waals surface area contributed by atoms with Gasteiger partial charge in [0.05, 0.1) is 19.8 Å². The minimum absolute atomic E-state index is 0.219. The number of hydrogen-bond donors (Lipinski definition) is 1. The number of benzene rings is 1. The van der Waals surface area contributed by atoms with Crippen molar-refractivity contribution in [3.05, 3.63) is 35.9 Å². The zero-order valence-corrected chi connectivity index (χ0v) is 8.88. The third-order valence-electron chi connectivity index (χ3n) is 2.12. The zero-order valence-electron chi connectivity index (χ0n) is 8.88. The highest BCUT2D eigenvalue weighted by Crippen LogP contribution is 2.12. The largest absolute Gasteiger partial charge is 0.453 e. The van der Waals surface area contributed by atoms with Gasteiger partial charge in [-0.3, -0.25) is 0 Å². The van der Waals surface area contributed by atoms with Crippen LogP contribution in [0.25, 0.3) is 0 Å². The quantitative estimate of drug-likeness (QED) is 0.819. The average Bonchev–Trinajstić information content (AvgIpc) is 2.29. The molecule has 0 aliphatic heterocycles. The second kappa shape index (κ2) is 5.36. The van der Waals surface area contributed by atoms with Crippen molar-refractivity contribution in [2.45, 2.75) is 6.10 Å². The van der Waals surface area contributed by atoms with E-state index >= 15 is 0 Å². The molecule has 0 heterocycles. The van der Waals surface area contributed by atoms with Gasteiger partial charge >= 0.3 is 6.09 Å². The number of nitrogens with zero attached hydrogens (tertiary/aromatic N) is 1. The Labute approximate surface area is 89.1 Å². The van der Waals surface area contributed by atoms with Crippen molar-refractivity contribution in [1.29, 1.82) is 0 Å². The van der Waals surface area contributed by atoms with E-state index in [2.05, 4.69) is 4.74 Å². The van der Waals surface area contributed by atoms with Crippen LogP contribution in [0.2, 0.25) is 0 Å². The van der Waals surface area contributed by atoms with Crippen LogP contribution in [0, 0.1) is 0 Å². The van der Waals surface area contributed by atoms with E-state index in [4.69, 9.17) is 0 Å². The van der Waals surface area contributed by atoms with Gasteiger partial charge in [0.2, 0.25) is 0 Å². The molecule has 0 saturated carbocycles. The van der Waals surface area contributed by atoms with E-state index < -0.39 is 12.2 Å². The van der Waals surface area contributed by atoms with Crippen LogP contribution >= 0.6 is 0 Å². The van der Waals surface area contributed by atoms with Crippen LogP contribution in [0.3, 0.4) is 0 Å². The van der Waals surface area contributed by atoms with Crippen molar-refractivity contribution >= 4 is 6.09 Å². The smallest absolute Gasteiger partial charge is 0.409 e. The van der Waals surface area contributed by atoms with Crippen molar-refractivity contribution in [1.82, 2.24) is 4.90 Å². The van der Waals surface area contributed by atoms with Crippen LogP contribution in [-0.4, -0.2) is 36.8 Å². The molecule has 1 unspecified atom stereocenters. The Bertz CT molecular complexity index is 313. The molecule has 82 valence electrons. The molecule has 0 saturated heterocycles. The first kappa shape index (κ1) is 11.5. The monoisotopic (exact) mass is 209 g/mol. The fourth-order valence-electron chi connectivity index (χ4n) is 1.27. The number of rotatable bonds is 3. The zero-order chi connectivity index (χ0) is 11.3. The molecule has 0 fully saturated rings. The number of hydrogen-bond acceptors (Lipinski definition) is 3. The maximum atomic E-state index is 11.1. The lowest BCUT2D eigenvalue weighted by Gasteiger charge is -2.19. The van der Waals surface area contributed by atoms with Gasteiger partial charge in [-0.1, -0.05) is 30.3 Å². The summed E-state index contributed by atoms with van der Waals surface area (Å²) in [4.78, 5) is 12.4. The lowest BCUT2D eigenvalue weighted by atomic mass is 10.1. The molecule has 1 atom stereocenters. The number of amides is 1. The summed E-state index contributed by atoms with van der Waals surface area (Å²) < 4.78 is 4.52. The molecule has 1 aromatic carbocycles. The second-order valence-electron chi connectivity index (χ2n) is 3.28. The van der Waals surface area contributed by atoms with Crippen molar-refractivity contribution < 1.29 is 14.6 Å². The van der Waals surface area contributed by atoms with Crippen molar-refractivity contribution in [3.63, 3.8) is 0 Å². The molecule has 0 aromatic heterocycles. The Morgan fingerprint density at radius 1 is 1.47 bits per heavy atom. The second-order valence-corrected chi connectivity index (χ2v) is 3.28. The number of aliphatic hydroxyl groups excluding tert-OH is 1. The van der Waals surface area contributed by atoms with Gasteiger partial charge in [0, 0.05) is 7.05 Å². The van der Waals surface area contributed by atoms with E-state index in [0.717, 1.165) is 5.56 Å². The Balaban J connectivity index is 2.56. The summed E-state index contributed by atoms with van der Waals surface area (Å²) >= 11 is 0. The summed E-state index contributed by atoms with van der Waals surface area (Å²) in [6, 6.07) is 9.19. The summed E-state index contributed by atoms with van der Waals surface area (Å²) in [6.45, 7) is 0.219. The van der Waals surface area contributed by atoms with Gasteiger partial charge in [-0.2, -0.15) is 0 Å². The van der Waals surface area contributed by atoms with Gasteiger partial charge in [0.15, 0.2) is 0 Å². The highest BCUT2D eigenvalue weighted by molar-refractivity contribution is 5.66. The maximum absolute atomic E-state index is 11.1. The fourth-order valence-corrected chi connectivity index (χ4v) is 1.27. The first-order chi connectivity index (χ1) is 7.15. The molecule has 1 aromatic rings. The van der Waals surface area contributed by atoms with Crippen LogP contribution in [0.1, 0.15) is 11.7 Å². The van der Waals surface area contributed by atoms with E-state index in [0.29, 0.717) is 0 Å². The Kier molecular flexibility index (Phi) is 4.12. The first-order valence-electron chi connectivity index (χ1n) is 4.67. The normalized spacial score (nSPS) is 11.9. The fraction of sp³-hybridized carbons (Fsp3) is 0.364. The lowest BCUT2D eigenvalue weighted by Crippen LogP contribution is -2.30. The molecule has 4 heteroatoms. The highest BCUT2D eigenvalue weighted by atomic mass is 16.5. The molecule has 4 nitrogen and oxygen atoms in total. The van der Waals surface area contributed by atoms with Crippen molar-refractivity contribution in [3.8, 4) is 0 Å². The van der Waals surface area contributed by atoms with Crippen LogP contribution < -0.4 is 0 Å². The Morgan fingerprint density at radius 3 is 2.60 bits per heavy atom. The predicted molar refractivity (Wildman–Crippen MR) is 56.4 cm³/mol. The first-order valence-corrected chi connectivity index (χ1v) is 4.67. The number of aliphatic hydroxyl groups is 1. The molecule has 1 rings (SSSR count). The molecule has 0 aliphatic carbocycles. The molecule has 1 N–H and O–H groups in total. The van der Waals surface area contributed by atoms with Gasteiger partial charge in [0.25, 0.3) is 0 Å². The number of likely N-dealkylation sites (N-methyl/N-ethyl adjacent to an activating group) is 1. The van der Waals surface area contributed by atoms with Crippen LogP contribution in [0.4, 0.5) is 4.79 Å². The van der Waals surface area contributed by atoms with Gasteiger partial charge in [0.1, 0.15) is 0 Å². The molecule has 15 heavy (non-hydrogen) atoms. The molecule has 0 spiro atoms. The third kappa shape index (κ3) is 3.25. The van der Waals surface area contributed by atoms with Gasteiger partial charge in [-0.15, -0.1) is 0 Å². The van der Waals surface area contributed by atoms with Crippen LogP contribution in [0.5, 0.6) is 0 Å². The summed E-state index contributed by atoms with van der Waals surface area (Å²) in [5.41, 5.74) is 0.785. The molecule has 0 radical (unpaired) electrons. The minimum Gasteiger partial charge on any atom is -0.453 e. The average molecular weight is 209 g/mol. The molecule has 0 bridgehead atoms. The van der Waals surface area contributed by atoms with E-state index in [-0.39, 0.29) is 6.54 Å². The predicted octanol–water partition coefficient (Wildman–Crippen LogP) is 1.42. The maximum Gasteiger partial charge on any atom is 0.409 e. The third-order valence-corrected chi connectivity index (χ3v) is 2.12. The van der Waals surface area contributed by atoms with E-state index in [1.165, 1.54) is 12.0 Å². The topological polar surface area (TPSA) is 49.8 Å². The van der Waals surface area contributed by atoms with Gasteiger partial charge in [-0.25, -0.2) is 4.79 Å². The molecule has 1 amide bonds. The Hall–Kier alpha value is -1.55. The standard InChI is InChI=1S/C11H15NO3/c1-12(11(14)15-2)8-10(13)9-6-4-3-5-7-9/h3-7,10,13H,8H2,1-2H3. The SMILES string of the molecule is COC(=O)N(C)CC(O)c1ccccc1. The lowest BCUT2D eigenvalue weighted by molar-refractivity contribution is 0.0965. The Morgan fingerprint density at radius 2 is 2.07 bits per heavy atom. The summed E-state index contributed by atoms with van der Waals surface area (Å²) in [7, 11) is 2.89. The summed E-state index contributed by atoms with van der Waals surface area (Å²) in [5.74, 6) is 0. The molecular weight excluding hydrogens is 194 g/mol. The number of ether oxygens (including phenoxy) is 1. The summed E-state index contributed by atoms with van der Waals surface area (Å²) in [5, 5.41) is 9.79.